The Balaban J connectivity index is 1.85. The molecule has 17 heavy (non-hydrogen) atoms. The quantitative estimate of drug-likeness (QED) is 0.807. The summed E-state index contributed by atoms with van der Waals surface area (Å²) in [5, 5.41) is 5.90. The van der Waals surface area contributed by atoms with E-state index in [0.717, 1.165) is 30.0 Å². The lowest BCUT2D eigenvalue weighted by Gasteiger charge is -2.13. The number of amides is 2. The van der Waals surface area contributed by atoms with Gasteiger partial charge in [0.2, 0.25) is 0 Å². The van der Waals surface area contributed by atoms with Crippen molar-refractivity contribution in [3.8, 4) is 0 Å². The van der Waals surface area contributed by atoms with Crippen LogP contribution in [0.25, 0.3) is 0 Å². The van der Waals surface area contributed by atoms with Gasteiger partial charge in [-0.05, 0) is 49.8 Å². The van der Waals surface area contributed by atoms with Crippen molar-refractivity contribution in [2.24, 2.45) is 5.92 Å². The van der Waals surface area contributed by atoms with Crippen molar-refractivity contribution >= 4 is 11.7 Å². The molecule has 2 atom stereocenters. The van der Waals surface area contributed by atoms with Gasteiger partial charge < -0.3 is 10.6 Å². The molecule has 1 saturated carbocycles. The van der Waals surface area contributed by atoms with Gasteiger partial charge in [0.05, 0.1) is 0 Å². The lowest BCUT2D eigenvalue weighted by atomic mass is 10.1. The summed E-state index contributed by atoms with van der Waals surface area (Å²) in [4.78, 5) is 11.8. The first-order valence-electron chi connectivity index (χ1n) is 6.27. The Morgan fingerprint density at radius 3 is 2.82 bits per heavy atom. The number of hydrogen-bond donors (Lipinski definition) is 2. The smallest absolute Gasteiger partial charge is 0.319 e. The Morgan fingerprint density at radius 1 is 1.35 bits per heavy atom. The van der Waals surface area contributed by atoms with Crippen LogP contribution in [0.5, 0.6) is 0 Å². The number of rotatable bonds is 2. The van der Waals surface area contributed by atoms with Crippen LogP contribution in [-0.4, -0.2) is 12.1 Å². The maximum Gasteiger partial charge on any atom is 0.319 e. The summed E-state index contributed by atoms with van der Waals surface area (Å²) in [6.45, 7) is 4.25. The number of urea groups is 1. The third-order valence-corrected chi connectivity index (χ3v) is 3.31. The van der Waals surface area contributed by atoms with Gasteiger partial charge in [-0.2, -0.15) is 0 Å². The second-order valence-electron chi connectivity index (χ2n) is 5.08. The maximum absolute atomic E-state index is 11.8. The van der Waals surface area contributed by atoms with Crippen LogP contribution in [0, 0.1) is 12.8 Å². The van der Waals surface area contributed by atoms with E-state index in [0.29, 0.717) is 6.04 Å². The van der Waals surface area contributed by atoms with E-state index in [2.05, 4.69) is 17.6 Å². The molecular formula is C14H20N2O. The molecule has 3 heteroatoms. The monoisotopic (exact) mass is 232 g/mol. The Labute approximate surface area is 103 Å². The van der Waals surface area contributed by atoms with Gasteiger partial charge in [-0.15, -0.1) is 0 Å². The van der Waals surface area contributed by atoms with E-state index in [1.54, 1.807) is 0 Å². The van der Waals surface area contributed by atoms with Gasteiger partial charge in [0.25, 0.3) is 0 Å². The highest BCUT2D eigenvalue weighted by Gasteiger charge is 2.22. The first kappa shape index (κ1) is 12.0. The molecule has 0 saturated heterocycles. The molecule has 0 bridgehead atoms. The molecule has 1 aliphatic rings. The zero-order valence-corrected chi connectivity index (χ0v) is 10.5. The molecular weight excluding hydrogens is 212 g/mol. The van der Waals surface area contributed by atoms with Crippen molar-refractivity contribution in [2.75, 3.05) is 5.32 Å². The van der Waals surface area contributed by atoms with Crippen molar-refractivity contribution in [1.82, 2.24) is 5.32 Å². The molecule has 0 spiro atoms. The van der Waals surface area contributed by atoms with Gasteiger partial charge in [-0.25, -0.2) is 4.79 Å². The van der Waals surface area contributed by atoms with E-state index >= 15 is 0 Å². The minimum Gasteiger partial charge on any atom is -0.335 e. The summed E-state index contributed by atoms with van der Waals surface area (Å²) >= 11 is 0. The lowest BCUT2D eigenvalue weighted by Crippen LogP contribution is -2.36. The number of carbonyl (C=O) groups is 1. The largest absolute Gasteiger partial charge is 0.335 e. The van der Waals surface area contributed by atoms with E-state index in [4.69, 9.17) is 0 Å². The van der Waals surface area contributed by atoms with Crippen molar-refractivity contribution < 1.29 is 4.79 Å². The van der Waals surface area contributed by atoms with Crippen molar-refractivity contribution in [2.45, 2.75) is 39.2 Å². The third-order valence-electron chi connectivity index (χ3n) is 3.31. The van der Waals surface area contributed by atoms with Gasteiger partial charge in [-0.3, -0.25) is 0 Å². The second-order valence-corrected chi connectivity index (χ2v) is 5.08. The maximum atomic E-state index is 11.8. The Morgan fingerprint density at radius 2 is 2.18 bits per heavy atom. The molecule has 3 nitrogen and oxygen atoms in total. The summed E-state index contributed by atoms with van der Waals surface area (Å²) in [5.41, 5.74) is 2.01. The van der Waals surface area contributed by atoms with Crippen LogP contribution in [0.1, 0.15) is 31.7 Å². The number of carbonyl (C=O) groups excluding carboxylic acids is 1. The summed E-state index contributed by atoms with van der Waals surface area (Å²) < 4.78 is 0. The van der Waals surface area contributed by atoms with Crippen molar-refractivity contribution in [1.29, 1.82) is 0 Å². The number of nitrogens with one attached hydrogen (secondary N) is 2. The fourth-order valence-electron chi connectivity index (χ4n) is 2.41. The van der Waals surface area contributed by atoms with Crippen LogP contribution in [0.2, 0.25) is 0 Å². The van der Waals surface area contributed by atoms with E-state index in [1.165, 1.54) is 6.42 Å². The summed E-state index contributed by atoms with van der Waals surface area (Å²) in [6, 6.07) is 8.09. The van der Waals surface area contributed by atoms with Crippen molar-refractivity contribution in [3.63, 3.8) is 0 Å². The van der Waals surface area contributed by atoms with E-state index in [1.807, 2.05) is 31.2 Å². The SMILES string of the molecule is Cc1cccc(NC(=O)NC2CCC(C)C2)c1. The predicted octanol–water partition coefficient (Wildman–Crippen LogP) is 3.31. The average Bonchev–Trinajstić information content (AvgIpc) is 2.63. The Kier molecular flexibility index (Phi) is 3.67. The molecule has 2 unspecified atom stereocenters. The van der Waals surface area contributed by atoms with Crippen LogP contribution < -0.4 is 10.6 Å². The van der Waals surface area contributed by atoms with Crippen molar-refractivity contribution in [3.05, 3.63) is 29.8 Å². The summed E-state index contributed by atoms with van der Waals surface area (Å²) in [6.07, 6.45) is 3.42. The van der Waals surface area contributed by atoms with E-state index < -0.39 is 0 Å². The average molecular weight is 232 g/mol. The van der Waals surface area contributed by atoms with Crippen LogP contribution >= 0.6 is 0 Å². The molecule has 0 heterocycles. The zero-order valence-electron chi connectivity index (χ0n) is 10.5. The first-order valence-corrected chi connectivity index (χ1v) is 6.27. The topological polar surface area (TPSA) is 41.1 Å². The third kappa shape index (κ3) is 3.48. The lowest BCUT2D eigenvalue weighted by molar-refractivity contribution is 0.248. The van der Waals surface area contributed by atoms with Crippen LogP contribution in [0.3, 0.4) is 0 Å². The van der Waals surface area contributed by atoms with Crippen LogP contribution in [-0.2, 0) is 0 Å². The van der Waals surface area contributed by atoms with Gasteiger partial charge in [0.1, 0.15) is 0 Å². The van der Waals surface area contributed by atoms with E-state index in [9.17, 15) is 4.79 Å². The molecule has 0 aromatic heterocycles. The zero-order chi connectivity index (χ0) is 12.3. The van der Waals surface area contributed by atoms with Gasteiger partial charge in [-0.1, -0.05) is 19.1 Å². The summed E-state index contributed by atoms with van der Waals surface area (Å²) in [7, 11) is 0. The molecule has 2 N–H and O–H groups in total. The molecule has 1 aromatic carbocycles. The van der Waals surface area contributed by atoms with E-state index in [-0.39, 0.29) is 6.03 Å². The summed E-state index contributed by atoms with van der Waals surface area (Å²) in [5.74, 6) is 0.735. The highest BCUT2D eigenvalue weighted by Crippen LogP contribution is 2.24. The minimum absolute atomic E-state index is 0.0882. The molecule has 1 aromatic rings. The second kappa shape index (κ2) is 5.21. The van der Waals surface area contributed by atoms with Crippen LogP contribution in [0.15, 0.2) is 24.3 Å². The standard InChI is InChI=1S/C14H20N2O/c1-10-4-3-5-12(8-10)15-14(17)16-13-7-6-11(2)9-13/h3-5,8,11,13H,6-7,9H2,1-2H3,(H2,15,16,17). The Hall–Kier alpha value is -1.51. The number of hydrogen-bond acceptors (Lipinski definition) is 1. The normalized spacial score (nSPS) is 23.4. The fraction of sp³-hybridized carbons (Fsp3) is 0.500. The molecule has 92 valence electrons. The molecule has 0 radical (unpaired) electrons. The van der Waals surface area contributed by atoms with Crippen LogP contribution in [0.4, 0.5) is 10.5 Å². The molecule has 1 aliphatic carbocycles. The molecule has 2 amide bonds. The van der Waals surface area contributed by atoms with Gasteiger partial charge in [0, 0.05) is 11.7 Å². The van der Waals surface area contributed by atoms with Gasteiger partial charge in [0.15, 0.2) is 0 Å². The minimum atomic E-state index is -0.0882. The predicted molar refractivity (Wildman–Crippen MR) is 70.1 cm³/mol. The number of aryl methyl sites for hydroxylation is 1. The highest BCUT2D eigenvalue weighted by molar-refractivity contribution is 5.89. The number of benzene rings is 1. The van der Waals surface area contributed by atoms with Gasteiger partial charge >= 0.3 is 6.03 Å². The molecule has 2 rings (SSSR count). The molecule has 0 aliphatic heterocycles. The fourth-order valence-corrected chi connectivity index (χ4v) is 2.41. The Bertz CT molecular complexity index is 403. The number of anilines is 1. The first-order chi connectivity index (χ1) is 8.13. The highest BCUT2D eigenvalue weighted by atomic mass is 16.2. The molecule has 1 fully saturated rings.